The van der Waals surface area contributed by atoms with Gasteiger partial charge in [0.15, 0.2) is 9.84 Å². The zero-order chi connectivity index (χ0) is 15.0. The van der Waals surface area contributed by atoms with Gasteiger partial charge in [-0.1, -0.05) is 23.8 Å². The second kappa shape index (κ2) is 5.15. The summed E-state index contributed by atoms with van der Waals surface area (Å²) in [4.78, 5) is -0.00163. The maximum absolute atomic E-state index is 13.2. The van der Waals surface area contributed by atoms with Crippen LogP contribution in [0.3, 0.4) is 0 Å². The highest BCUT2D eigenvalue weighted by Gasteiger charge is 2.29. The third-order valence-corrected chi connectivity index (χ3v) is 5.30. The molecular weight excluding hydrogens is 291 g/mol. The maximum atomic E-state index is 13.2. The fourth-order valence-corrected chi connectivity index (χ4v) is 3.99. The van der Waals surface area contributed by atoms with Crippen LogP contribution in [0.4, 0.5) is 4.39 Å². The zero-order valence-electron chi connectivity index (χ0n) is 11.5. The number of rotatable bonds is 3. The molecule has 21 heavy (non-hydrogen) atoms. The van der Waals surface area contributed by atoms with Gasteiger partial charge in [-0.3, -0.25) is 0 Å². The van der Waals surface area contributed by atoms with E-state index in [9.17, 15) is 12.8 Å². The fraction of sp³-hybridized carbons (Fsp3) is 0.250. The lowest BCUT2D eigenvalue weighted by Crippen LogP contribution is -2.25. The van der Waals surface area contributed by atoms with E-state index in [4.69, 9.17) is 4.74 Å². The minimum atomic E-state index is -3.56. The van der Waals surface area contributed by atoms with Crippen molar-refractivity contribution in [2.24, 2.45) is 0 Å². The van der Waals surface area contributed by atoms with Gasteiger partial charge < -0.3 is 4.74 Å². The summed E-state index contributed by atoms with van der Waals surface area (Å²) in [5.74, 6) is 0.0341. The summed E-state index contributed by atoms with van der Waals surface area (Å²) in [6.45, 7) is 1.98. The topological polar surface area (TPSA) is 43.4 Å². The number of sulfone groups is 1. The SMILES string of the molecule is Cc1ccc2c(c1)CC(CS(=O)(=O)c1cccc(F)c1)O2. The first-order valence-corrected chi connectivity index (χ1v) is 8.34. The van der Waals surface area contributed by atoms with Crippen LogP contribution in [-0.2, 0) is 16.3 Å². The Labute approximate surface area is 123 Å². The van der Waals surface area contributed by atoms with Crippen molar-refractivity contribution in [1.29, 1.82) is 0 Å². The molecule has 0 fully saturated rings. The van der Waals surface area contributed by atoms with E-state index in [0.717, 1.165) is 22.9 Å². The summed E-state index contributed by atoms with van der Waals surface area (Å²) >= 11 is 0. The standard InChI is InChI=1S/C16H15FO3S/c1-11-5-6-16-12(7-11)8-14(20-16)10-21(18,19)15-4-2-3-13(17)9-15/h2-7,9,14H,8,10H2,1H3. The van der Waals surface area contributed by atoms with E-state index in [0.29, 0.717) is 6.42 Å². The Morgan fingerprint density at radius 3 is 2.81 bits per heavy atom. The summed E-state index contributed by atoms with van der Waals surface area (Å²) < 4.78 is 43.5. The van der Waals surface area contributed by atoms with Crippen LogP contribution in [0.25, 0.3) is 0 Å². The van der Waals surface area contributed by atoms with Crippen molar-refractivity contribution < 1.29 is 17.5 Å². The van der Waals surface area contributed by atoms with E-state index in [2.05, 4.69) is 0 Å². The summed E-state index contributed by atoms with van der Waals surface area (Å²) in [5, 5.41) is 0. The maximum Gasteiger partial charge on any atom is 0.182 e. The second-order valence-corrected chi connectivity index (χ2v) is 7.33. The smallest absolute Gasteiger partial charge is 0.182 e. The molecule has 0 N–H and O–H groups in total. The number of aryl methyl sites for hydroxylation is 1. The lowest BCUT2D eigenvalue weighted by molar-refractivity contribution is 0.256. The average molecular weight is 306 g/mol. The van der Waals surface area contributed by atoms with E-state index in [1.807, 2.05) is 25.1 Å². The predicted molar refractivity (Wildman–Crippen MR) is 77.8 cm³/mol. The summed E-state index contributed by atoms with van der Waals surface area (Å²) in [6, 6.07) is 10.9. The average Bonchev–Trinajstić information content (AvgIpc) is 2.79. The van der Waals surface area contributed by atoms with E-state index >= 15 is 0 Å². The monoisotopic (exact) mass is 306 g/mol. The fourth-order valence-electron chi connectivity index (χ4n) is 2.54. The molecule has 0 saturated carbocycles. The van der Waals surface area contributed by atoms with Crippen LogP contribution in [0.1, 0.15) is 11.1 Å². The van der Waals surface area contributed by atoms with Crippen molar-refractivity contribution in [2.45, 2.75) is 24.3 Å². The number of halogens is 1. The van der Waals surface area contributed by atoms with E-state index in [1.165, 1.54) is 18.2 Å². The molecule has 2 aromatic rings. The minimum absolute atomic E-state index is 0.00163. The van der Waals surface area contributed by atoms with E-state index in [-0.39, 0.29) is 10.6 Å². The second-order valence-electron chi connectivity index (χ2n) is 5.29. The molecule has 2 aromatic carbocycles. The van der Waals surface area contributed by atoms with Crippen molar-refractivity contribution in [3.8, 4) is 5.75 Å². The Morgan fingerprint density at radius 1 is 1.24 bits per heavy atom. The zero-order valence-corrected chi connectivity index (χ0v) is 12.4. The minimum Gasteiger partial charge on any atom is -0.489 e. The summed E-state index contributed by atoms with van der Waals surface area (Å²) in [6.07, 6.45) is 0.140. The number of benzene rings is 2. The Kier molecular flexibility index (Phi) is 3.45. The molecule has 110 valence electrons. The molecule has 1 unspecified atom stereocenters. The molecule has 1 atom stereocenters. The first kappa shape index (κ1) is 14.1. The van der Waals surface area contributed by atoms with E-state index in [1.54, 1.807) is 0 Å². The highest BCUT2D eigenvalue weighted by Crippen LogP contribution is 2.30. The Bertz CT molecular complexity index is 784. The molecule has 3 rings (SSSR count). The van der Waals surface area contributed by atoms with Gasteiger partial charge in [-0.25, -0.2) is 12.8 Å². The number of ether oxygens (including phenoxy) is 1. The molecule has 0 amide bonds. The van der Waals surface area contributed by atoms with Crippen molar-refractivity contribution in [1.82, 2.24) is 0 Å². The predicted octanol–water partition coefficient (Wildman–Crippen LogP) is 2.91. The van der Waals surface area contributed by atoms with Crippen molar-refractivity contribution >= 4 is 9.84 Å². The quantitative estimate of drug-likeness (QED) is 0.875. The van der Waals surface area contributed by atoms with Gasteiger partial charge in [-0.05, 0) is 36.8 Å². The number of hydrogen-bond donors (Lipinski definition) is 0. The van der Waals surface area contributed by atoms with Gasteiger partial charge in [0.2, 0.25) is 0 Å². The lowest BCUT2D eigenvalue weighted by atomic mass is 10.1. The molecular formula is C16H15FO3S. The van der Waals surface area contributed by atoms with Crippen LogP contribution < -0.4 is 4.74 Å². The molecule has 1 heterocycles. The van der Waals surface area contributed by atoms with E-state index < -0.39 is 21.8 Å². The van der Waals surface area contributed by atoms with Crippen LogP contribution in [0.15, 0.2) is 47.4 Å². The third-order valence-electron chi connectivity index (χ3n) is 3.52. The molecule has 0 radical (unpaired) electrons. The van der Waals surface area contributed by atoms with Gasteiger partial charge in [0.1, 0.15) is 17.7 Å². The summed E-state index contributed by atoms with van der Waals surface area (Å²) in [5.41, 5.74) is 2.14. The molecule has 0 saturated heterocycles. The van der Waals surface area contributed by atoms with Gasteiger partial charge in [0, 0.05) is 6.42 Å². The molecule has 1 aliphatic heterocycles. The van der Waals surface area contributed by atoms with Crippen molar-refractivity contribution in [3.05, 3.63) is 59.4 Å². The van der Waals surface area contributed by atoms with Gasteiger partial charge in [0.25, 0.3) is 0 Å². The highest BCUT2D eigenvalue weighted by atomic mass is 32.2. The molecule has 0 aromatic heterocycles. The highest BCUT2D eigenvalue weighted by molar-refractivity contribution is 7.91. The number of hydrogen-bond acceptors (Lipinski definition) is 3. The largest absolute Gasteiger partial charge is 0.489 e. The van der Waals surface area contributed by atoms with Gasteiger partial charge in [0.05, 0.1) is 10.6 Å². The number of fused-ring (bicyclic) bond motifs is 1. The van der Waals surface area contributed by atoms with Crippen LogP contribution >= 0.6 is 0 Å². The molecule has 1 aliphatic rings. The Balaban J connectivity index is 1.79. The van der Waals surface area contributed by atoms with Crippen LogP contribution in [0.2, 0.25) is 0 Å². The molecule has 0 bridgehead atoms. The lowest BCUT2D eigenvalue weighted by Gasteiger charge is -2.11. The van der Waals surface area contributed by atoms with Gasteiger partial charge >= 0.3 is 0 Å². The Hall–Kier alpha value is -1.88. The normalized spacial score (nSPS) is 17.3. The van der Waals surface area contributed by atoms with Crippen LogP contribution in [0, 0.1) is 12.7 Å². The first-order valence-electron chi connectivity index (χ1n) is 6.68. The van der Waals surface area contributed by atoms with Crippen LogP contribution in [-0.4, -0.2) is 20.3 Å². The third kappa shape index (κ3) is 2.93. The molecule has 3 nitrogen and oxygen atoms in total. The van der Waals surface area contributed by atoms with Gasteiger partial charge in [-0.15, -0.1) is 0 Å². The summed E-state index contributed by atoms with van der Waals surface area (Å²) in [7, 11) is -3.56. The molecule has 5 heteroatoms. The van der Waals surface area contributed by atoms with Gasteiger partial charge in [-0.2, -0.15) is 0 Å². The first-order chi connectivity index (χ1) is 9.94. The van der Waals surface area contributed by atoms with Crippen LogP contribution in [0.5, 0.6) is 5.75 Å². The van der Waals surface area contributed by atoms with Crippen molar-refractivity contribution in [3.63, 3.8) is 0 Å². The Morgan fingerprint density at radius 2 is 2.05 bits per heavy atom. The molecule has 0 spiro atoms. The molecule has 0 aliphatic carbocycles. The van der Waals surface area contributed by atoms with Crippen molar-refractivity contribution in [2.75, 3.05) is 5.75 Å².